The first kappa shape index (κ1) is 25.5. The van der Waals surface area contributed by atoms with E-state index in [1.54, 1.807) is 11.9 Å². The van der Waals surface area contributed by atoms with Crippen LogP contribution in [0.15, 0.2) is 52.1 Å². The van der Waals surface area contributed by atoms with Crippen molar-refractivity contribution in [1.29, 1.82) is 0 Å². The summed E-state index contributed by atoms with van der Waals surface area (Å²) in [7, 11) is 2.23. The maximum Gasteiger partial charge on any atom is 0.287 e. The Balaban J connectivity index is 1.23. The molecule has 9 heteroatoms. The zero-order valence-electron chi connectivity index (χ0n) is 22.5. The molecule has 5 aliphatic rings. The van der Waals surface area contributed by atoms with Gasteiger partial charge in [0.25, 0.3) is 6.02 Å². The highest BCUT2D eigenvalue weighted by molar-refractivity contribution is 7.97. The number of likely N-dealkylation sites (N-methyl/N-ethyl adjacent to an activating group) is 1. The summed E-state index contributed by atoms with van der Waals surface area (Å²) in [5, 5.41) is 6.09. The van der Waals surface area contributed by atoms with Gasteiger partial charge >= 0.3 is 0 Å². The van der Waals surface area contributed by atoms with E-state index in [-0.39, 0.29) is 11.2 Å². The molecule has 202 valence electrons. The molecular weight excluding hydrogens is 496 g/mol. The van der Waals surface area contributed by atoms with Crippen LogP contribution in [0.3, 0.4) is 0 Å². The summed E-state index contributed by atoms with van der Waals surface area (Å²) < 4.78 is 7.97. The zero-order valence-corrected chi connectivity index (χ0v) is 23.3. The van der Waals surface area contributed by atoms with E-state index in [1.807, 2.05) is 0 Å². The first-order chi connectivity index (χ1) is 18.4. The molecule has 1 spiro atoms. The molecule has 4 aliphatic heterocycles. The average molecular weight is 535 g/mol. The minimum atomic E-state index is -0.261. The number of amidine groups is 1. The predicted molar refractivity (Wildman–Crippen MR) is 153 cm³/mol. The van der Waals surface area contributed by atoms with Crippen LogP contribution in [0.25, 0.3) is 12.2 Å². The minimum Gasteiger partial charge on any atom is -0.463 e. The topological polar surface area (TPSA) is 63.7 Å². The molecule has 3 fully saturated rings. The lowest BCUT2D eigenvalue weighted by Crippen LogP contribution is -2.61. The van der Waals surface area contributed by atoms with Crippen molar-refractivity contribution in [2.75, 3.05) is 59.5 Å². The largest absolute Gasteiger partial charge is 0.463 e. The van der Waals surface area contributed by atoms with Gasteiger partial charge in [0.1, 0.15) is 18.6 Å². The number of aliphatic imine (C=N–C) groups is 1. The number of carbonyl (C=O) groups is 1. The van der Waals surface area contributed by atoms with Gasteiger partial charge < -0.3 is 24.6 Å². The molecule has 0 bridgehead atoms. The number of allylic oxidation sites excluding steroid dienone is 2. The van der Waals surface area contributed by atoms with Crippen LogP contribution >= 0.6 is 11.9 Å². The molecule has 0 aromatic heterocycles. The highest BCUT2D eigenvalue weighted by Crippen LogP contribution is 2.48. The van der Waals surface area contributed by atoms with Gasteiger partial charge in [0.2, 0.25) is 0 Å². The van der Waals surface area contributed by atoms with Gasteiger partial charge in [-0.15, -0.1) is 0 Å². The highest BCUT2D eigenvalue weighted by Gasteiger charge is 2.62. The first-order valence-electron chi connectivity index (χ1n) is 13.6. The number of hydrogen-bond acceptors (Lipinski definition) is 9. The van der Waals surface area contributed by atoms with Crippen LogP contribution < -0.4 is 15.8 Å². The molecule has 0 amide bonds. The van der Waals surface area contributed by atoms with Gasteiger partial charge in [0.05, 0.1) is 31.0 Å². The van der Waals surface area contributed by atoms with Crippen molar-refractivity contribution in [2.45, 2.75) is 42.3 Å². The summed E-state index contributed by atoms with van der Waals surface area (Å²) in [5.41, 5.74) is 1.04. The molecular formula is C29H38N6O2S. The SMILES string of the molecule is C=C1NCC2(CN(CC=O)Sc3ccc4c(c3)=CCC=C(C)C=4)N(C)CC3(CCN(C4=NCCO4)CC3)N12. The minimum absolute atomic E-state index is 0.00222. The summed E-state index contributed by atoms with van der Waals surface area (Å²) in [5.74, 6) is 0.992. The van der Waals surface area contributed by atoms with Crippen LogP contribution in [0, 0.1) is 0 Å². The maximum atomic E-state index is 11.8. The van der Waals surface area contributed by atoms with Crippen molar-refractivity contribution in [2.24, 2.45) is 4.99 Å². The monoisotopic (exact) mass is 534 g/mol. The third-order valence-corrected chi connectivity index (χ3v) is 9.67. The number of rotatable bonds is 6. The lowest BCUT2D eigenvalue weighted by Gasteiger charge is -2.48. The molecule has 1 aromatic rings. The van der Waals surface area contributed by atoms with Crippen molar-refractivity contribution in [3.8, 4) is 0 Å². The van der Waals surface area contributed by atoms with E-state index in [2.05, 4.69) is 86.3 Å². The molecule has 38 heavy (non-hydrogen) atoms. The van der Waals surface area contributed by atoms with Crippen molar-refractivity contribution >= 4 is 36.4 Å². The van der Waals surface area contributed by atoms with Gasteiger partial charge in [0.15, 0.2) is 0 Å². The molecule has 6 rings (SSSR count). The normalized spacial score (nSPS) is 26.1. The van der Waals surface area contributed by atoms with Gasteiger partial charge in [-0.3, -0.25) is 4.90 Å². The Morgan fingerprint density at radius 3 is 2.87 bits per heavy atom. The molecule has 1 N–H and O–H groups in total. The summed E-state index contributed by atoms with van der Waals surface area (Å²) in [6.07, 6.45) is 10.8. The smallest absolute Gasteiger partial charge is 0.287 e. The summed E-state index contributed by atoms with van der Waals surface area (Å²) in [4.78, 5) is 24.9. The van der Waals surface area contributed by atoms with Gasteiger partial charge in [-0.05, 0) is 67.8 Å². The second kappa shape index (κ2) is 10.1. The van der Waals surface area contributed by atoms with Crippen LogP contribution in [0.5, 0.6) is 0 Å². The molecule has 4 heterocycles. The number of nitrogens with zero attached hydrogens (tertiary/aromatic N) is 5. The highest BCUT2D eigenvalue weighted by atomic mass is 32.2. The van der Waals surface area contributed by atoms with Crippen LogP contribution in [-0.4, -0.2) is 102 Å². The summed E-state index contributed by atoms with van der Waals surface area (Å²) in [6, 6.07) is 7.44. The van der Waals surface area contributed by atoms with Crippen molar-refractivity contribution in [3.05, 3.63) is 52.7 Å². The van der Waals surface area contributed by atoms with E-state index in [0.717, 1.165) is 81.6 Å². The lowest BCUT2D eigenvalue weighted by atomic mass is 9.86. The maximum absolute atomic E-state index is 11.8. The summed E-state index contributed by atoms with van der Waals surface area (Å²) >= 11 is 1.68. The van der Waals surface area contributed by atoms with E-state index in [0.29, 0.717) is 13.2 Å². The molecule has 1 unspecified atom stereocenters. The number of carbonyl (C=O) groups excluding carboxylic acids is 1. The van der Waals surface area contributed by atoms with Crippen molar-refractivity contribution in [1.82, 2.24) is 24.3 Å². The second-order valence-electron chi connectivity index (χ2n) is 11.1. The molecule has 1 aliphatic carbocycles. The lowest BCUT2D eigenvalue weighted by molar-refractivity contribution is -0.108. The Morgan fingerprint density at radius 2 is 2.11 bits per heavy atom. The third-order valence-electron chi connectivity index (χ3n) is 8.67. The number of nitrogens with one attached hydrogen (secondary N) is 1. The van der Waals surface area contributed by atoms with Gasteiger partial charge in [-0.2, -0.15) is 0 Å². The second-order valence-corrected chi connectivity index (χ2v) is 12.3. The van der Waals surface area contributed by atoms with Gasteiger partial charge in [-0.1, -0.05) is 36.4 Å². The third kappa shape index (κ3) is 4.44. The Bertz CT molecular complexity index is 1300. The van der Waals surface area contributed by atoms with Crippen LogP contribution in [0.2, 0.25) is 0 Å². The quantitative estimate of drug-likeness (QED) is 0.434. The van der Waals surface area contributed by atoms with Crippen molar-refractivity contribution < 1.29 is 9.53 Å². The fourth-order valence-corrected chi connectivity index (χ4v) is 7.86. The van der Waals surface area contributed by atoms with E-state index in [1.165, 1.54) is 16.0 Å². The number of aldehydes is 1. The van der Waals surface area contributed by atoms with Crippen molar-refractivity contribution in [3.63, 3.8) is 0 Å². The van der Waals surface area contributed by atoms with Crippen LogP contribution in [-0.2, 0) is 9.53 Å². The Hall–Kier alpha value is -2.75. The Kier molecular flexibility index (Phi) is 6.78. The molecule has 0 radical (unpaired) electrons. The fraction of sp³-hybridized carbons (Fsp3) is 0.517. The predicted octanol–water partition coefficient (Wildman–Crippen LogP) is 1.34. The number of likely N-dealkylation sites (tertiary alicyclic amines) is 1. The fourth-order valence-electron chi connectivity index (χ4n) is 6.85. The summed E-state index contributed by atoms with van der Waals surface area (Å²) in [6.45, 7) is 12.8. The first-order valence-corrected chi connectivity index (χ1v) is 14.4. The molecule has 8 nitrogen and oxygen atoms in total. The number of benzene rings is 1. The zero-order chi connectivity index (χ0) is 26.3. The van der Waals surface area contributed by atoms with E-state index < -0.39 is 0 Å². The van der Waals surface area contributed by atoms with Crippen LogP contribution in [0.1, 0.15) is 26.2 Å². The molecule has 1 atom stereocenters. The number of ether oxygens (including phenoxy) is 1. The molecule has 3 saturated heterocycles. The van der Waals surface area contributed by atoms with E-state index in [9.17, 15) is 4.79 Å². The number of piperidine rings is 1. The molecule has 1 aromatic carbocycles. The average Bonchev–Trinajstić information content (AvgIpc) is 3.56. The van der Waals surface area contributed by atoms with Gasteiger partial charge in [-0.25, -0.2) is 9.30 Å². The number of hydrogen-bond donors (Lipinski definition) is 1. The van der Waals surface area contributed by atoms with E-state index in [4.69, 9.17) is 4.74 Å². The molecule has 0 saturated carbocycles. The Labute approximate surface area is 229 Å². The Morgan fingerprint density at radius 1 is 1.26 bits per heavy atom. The van der Waals surface area contributed by atoms with E-state index >= 15 is 0 Å². The van der Waals surface area contributed by atoms with Gasteiger partial charge in [0, 0.05) is 31.1 Å². The number of fused-ring (bicyclic) bond motifs is 3. The van der Waals surface area contributed by atoms with Crippen LogP contribution in [0.4, 0.5) is 0 Å². The standard InChI is InChI=1S/C29H38N6O2S/c1-22-5-4-6-24-18-26(8-7-25(24)17-22)38-34(14-15-36)21-29-19-31-23(2)35(29)28(20-32(29)3)9-12-33(13-10-28)27-30-11-16-37-27/h5-8,15,17-18,31H,2,4,9-14,16,19-21H2,1,3H3.